The lowest BCUT2D eigenvalue weighted by atomic mass is 10.1. The van der Waals surface area contributed by atoms with Crippen molar-refractivity contribution in [3.8, 4) is 11.5 Å². The number of carbonyl (C=O) groups is 3. The van der Waals surface area contributed by atoms with Crippen LogP contribution in [0.1, 0.15) is 31.1 Å². The van der Waals surface area contributed by atoms with E-state index < -0.39 is 23.4 Å². The predicted molar refractivity (Wildman–Crippen MR) is 122 cm³/mol. The number of hydrogen-bond donors (Lipinski definition) is 3. The number of amides is 3. The highest BCUT2D eigenvalue weighted by atomic mass is 19.1. The van der Waals surface area contributed by atoms with Crippen molar-refractivity contribution in [3.63, 3.8) is 0 Å². The molecule has 0 aromatic heterocycles. The van der Waals surface area contributed by atoms with Crippen LogP contribution in [0.15, 0.2) is 60.7 Å². The van der Waals surface area contributed by atoms with E-state index in [0.29, 0.717) is 6.07 Å². The van der Waals surface area contributed by atoms with Crippen LogP contribution in [0.4, 0.5) is 14.5 Å². The predicted octanol–water partition coefficient (Wildman–Crippen LogP) is 3.23. The zero-order valence-electron chi connectivity index (χ0n) is 18.4. The second kappa shape index (κ2) is 9.80. The van der Waals surface area contributed by atoms with E-state index in [1.54, 1.807) is 12.1 Å². The van der Waals surface area contributed by atoms with Gasteiger partial charge in [0.05, 0.1) is 11.1 Å². The van der Waals surface area contributed by atoms with E-state index in [1.807, 2.05) is 0 Å². The smallest absolute Gasteiger partial charge is 0.257 e. The third kappa shape index (κ3) is 5.21. The highest BCUT2D eigenvalue weighted by Crippen LogP contribution is 2.25. The molecule has 0 radical (unpaired) electrons. The number of phenolic OH excluding ortho intramolecular Hbond substituents is 2. The van der Waals surface area contributed by atoms with E-state index in [1.165, 1.54) is 40.1 Å². The lowest BCUT2D eigenvalue weighted by Crippen LogP contribution is -2.50. The number of nitrogens with one attached hydrogen (secondary N) is 1. The Hall–Kier alpha value is -4.47. The number of aromatic hydroxyl groups is 2. The van der Waals surface area contributed by atoms with Crippen LogP contribution in [-0.2, 0) is 0 Å². The van der Waals surface area contributed by atoms with Crippen LogP contribution in [0.5, 0.6) is 11.5 Å². The molecule has 180 valence electrons. The summed E-state index contributed by atoms with van der Waals surface area (Å²) in [6.45, 7) is 0.943. The lowest BCUT2D eigenvalue weighted by Gasteiger charge is -2.35. The van der Waals surface area contributed by atoms with E-state index in [0.717, 1.165) is 12.1 Å². The van der Waals surface area contributed by atoms with Crippen molar-refractivity contribution in [2.24, 2.45) is 0 Å². The second-order valence-electron chi connectivity index (χ2n) is 7.95. The molecule has 4 rings (SSSR count). The molecule has 35 heavy (non-hydrogen) atoms. The van der Waals surface area contributed by atoms with Crippen LogP contribution in [0.25, 0.3) is 0 Å². The Morgan fingerprint density at radius 1 is 0.714 bits per heavy atom. The Balaban J connectivity index is 1.39. The molecule has 3 amide bonds. The Bertz CT molecular complexity index is 1290. The van der Waals surface area contributed by atoms with Gasteiger partial charge in [-0.2, -0.15) is 0 Å². The Labute approximate surface area is 199 Å². The SMILES string of the molecule is O=C(Nc1ccc(C(=O)N2CCN(C(=O)c3ccccc3O)CC2)c(O)c1)c1cc(F)cc(F)c1. The van der Waals surface area contributed by atoms with Gasteiger partial charge in [0.15, 0.2) is 0 Å². The molecule has 0 atom stereocenters. The van der Waals surface area contributed by atoms with Gasteiger partial charge >= 0.3 is 0 Å². The molecule has 1 saturated heterocycles. The maximum Gasteiger partial charge on any atom is 0.257 e. The van der Waals surface area contributed by atoms with Gasteiger partial charge in [-0.15, -0.1) is 0 Å². The minimum absolute atomic E-state index is 0.000259. The first-order chi connectivity index (χ1) is 16.7. The third-order valence-corrected chi connectivity index (χ3v) is 5.60. The zero-order chi connectivity index (χ0) is 25.1. The summed E-state index contributed by atoms with van der Waals surface area (Å²) in [6, 6.07) is 12.5. The number of para-hydroxylation sites is 1. The van der Waals surface area contributed by atoms with Gasteiger partial charge in [-0.3, -0.25) is 14.4 Å². The average Bonchev–Trinajstić information content (AvgIpc) is 2.83. The van der Waals surface area contributed by atoms with Gasteiger partial charge in [0.2, 0.25) is 0 Å². The summed E-state index contributed by atoms with van der Waals surface area (Å²) >= 11 is 0. The number of anilines is 1. The maximum atomic E-state index is 13.3. The van der Waals surface area contributed by atoms with Crippen molar-refractivity contribution in [3.05, 3.63) is 89.0 Å². The van der Waals surface area contributed by atoms with Crippen molar-refractivity contribution in [2.45, 2.75) is 0 Å². The molecule has 0 spiro atoms. The van der Waals surface area contributed by atoms with Crippen LogP contribution < -0.4 is 5.32 Å². The van der Waals surface area contributed by atoms with Crippen LogP contribution in [0.2, 0.25) is 0 Å². The molecule has 1 heterocycles. The van der Waals surface area contributed by atoms with E-state index in [9.17, 15) is 33.4 Å². The van der Waals surface area contributed by atoms with Crippen molar-refractivity contribution in [1.29, 1.82) is 0 Å². The molecule has 0 saturated carbocycles. The van der Waals surface area contributed by atoms with Crippen molar-refractivity contribution < 1.29 is 33.4 Å². The number of phenols is 2. The Kier molecular flexibility index (Phi) is 6.63. The summed E-state index contributed by atoms with van der Waals surface area (Å²) in [5.74, 6) is -3.88. The first-order valence-electron chi connectivity index (χ1n) is 10.7. The van der Waals surface area contributed by atoms with Crippen LogP contribution in [-0.4, -0.2) is 63.9 Å². The van der Waals surface area contributed by atoms with Crippen LogP contribution in [0, 0.1) is 11.6 Å². The first-order valence-corrected chi connectivity index (χ1v) is 10.7. The number of piperazine rings is 1. The van der Waals surface area contributed by atoms with Gasteiger partial charge in [0.1, 0.15) is 23.1 Å². The molecular formula is C25H21F2N3O5. The normalized spacial score (nSPS) is 13.4. The molecule has 3 aromatic carbocycles. The molecule has 8 nitrogen and oxygen atoms in total. The average molecular weight is 481 g/mol. The van der Waals surface area contributed by atoms with Gasteiger partial charge in [0, 0.05) is 49.6 Å². The number of benzene rings is 3. The summed E-state index contributed by atoms with van der Waals surface area (Å²) in [7, 11) is 0. The van der Waals surface area contributed by atoms with Gasteiger partial charge < -0.3 is 25.3 Å². The van der Waals surface area contributed by atoms with Crippen molar-refractivity contribution in [2.75, 3.05) is 31.5 Å². The van der Waals surface area contributed by atoms with E-state index in [-0.39, 0.29) is 66.0 Å². The minimum Gasteiger partial charge on any atom is -0.507 e. The largest absolute Gasteiger partial charge is 0.507 e. The summed E-state index contributed by atoms with van der Waals surface area (Å²) < 4.78 is 26.7. The highest BCUT2D eigenvalue weighted by molar-refractivity contribution is 6.05. The molecule has 3 N–H and O–H groups in total. The fourth-order valence-electron chi connectivity index (χ4n) is 3.79. The fourth-order valence-corrected chi connectivity index (χ4v) is 3.79. The zero-order valence-corrected chi connectivity index (χ0v) is 18.4. The Morgan fingerprint density at radius 3 is 1.80 bits per heavy atom. The summed E-state index contributed by atoms with van der Waals surface area (Å²) in [5.41, 5.74) is 0.0778. The minimum atomic E-state index is -0.902. The van der Waals surface area contributed by atoms with Crippen LogP contribution >= 0.6 is 0 Å². The molecule has 1 aliphatic rings. The number of hydrogen-bond acceptors (Lipinski definition) is 5. The number of carbonyl (C=O) groups excluding carboxylic acids is 3. The molecule has 1 fully saturated rings. The molecule has 1 aliphatic heterocycles. The van der Waals surface area contributed by atoms with E-state index in [4.69, 9.17) is 0 Å². The van der Waals surface area contributed by atoms with Gasteiger partial charge in [0.25, 0.3) is 17.7 Å². The van der Waals surface area contributed by atoms with E-state index in [2.05, 4.69) is 5.32 Å². The van der Waals surface area contributed by atoms with Gasteiger partial charge in [-0.05, 0) is 36.4 Å². The molecule has 10 heteroatoms. The second-order valence-corrected chi connectivity index (χ2v) is 7.95. The summed E-state index contributed by atoms with van der Waals surface area (Å²) in [6.07, 6.45) is 0. The number of rotatable bonds is 4. The number of nitrogens with zero attached hydrogens (tertiary/aromatic N) is 2. The quantitative estimate of drug-likeness (QED) is 0.530. The topological polar surface area (TPSA) is 110 Å². The Morgan fingerprint density at radius 2 is 1.26 bits per heavy atom. The third-order valence-electron chi connectivity index (χ3n) is 5.60. The lowest BCUT2D eigenvalue weighted by molar-refractivity contribution is 0.0532. The molecule has 3 aromatic rings. The van der Waals surface area contributed by atoms with Gasteiger partial charge in [-0.25, -0.2) is 8.78 Å². The molecule has 0 bridgehead atoms. The summed E-state index contributed by atoms with van der Waals surface area (Å²) in [5, 5.41) is 22.7. The fraction of sp³-hybridized carbons (Fsp3) is 0.160. The number of halogens is 2. The van der Waals surface area contributed by atoms with E-state index >= 15 is 0 Å². The standard InChI is InChI=1S/C25H21F2N3O5/c26-16-11-15(12-17(27)13-16)23(33)28-18-5-6-20(22(32)14-18)25(35)30-9-7-29(8-10-30)24(34)19-3-1-2-4-21(19)31/h1-6,11-14,31-32H,7-10H2,(H,28,33). The first kappa shape index (κ1) is 23.7. The maximum absolute atomic E-state index is 13.3. The summed E-state index contributed by atoms with van der Waals surface area (Å²) in [4.78, 5) is 40.8. The molecular weight excluding hydrogens is 460 g/mol. The van der Waals surface area contributed by atoms with Crippen molar-refractivity contribution >= 4 is 23.4 Å². The van der Waals surface area contributed by atoms with Crippen molar-refractivity contribution in [1.82, 2.24) is 9.80 Å². The molecule has 0 unspecified atom stereocenters. The van der Waals surface area contributed by atoms with Crippen LogP contribution in [0.3, 0.4) is 0 Å². The molecule has 0 aliphatic carbocycles. The monoisotopic (exact) mass is 481 g/mol. The highest BCUT2D eigenvalue weighted by Gasteiger charge is 2.27. The van der Waals surface area contributed by atoms with Gasteiger partial charge in [-0.1, -0.05) is 12.1 Å².